The Kier molecular flexibility index (Phi) is 3.28. The van der Waals surface area contributed by atoms with Crippen molar-refractivity contribution in [1.29, 1.82) is 5.26 Å². The van der Waals surface area contributed by atoms with Gasteiger partial charge in [0.15, 0.2) is 4.77 Å². The molecular weight excluding hydrogens is 309 g/mol. The molecule has 0 radical (unpaired) electrons. The summed E-state index contributed by atoms with van der Waals surface area (Å²) in [5.41, 5.74) is 2.99. The molecule has 0 amide bonds. The second-order valence-electron chi connectivity index (χ2n) is 4.66. The number of nitriles is 1. The zero-order valence-corrected chi connectivity index (χ0v) is 12.5. The van der Waals surface area contributed by atoms with Gasteiger partial charge in [-0.2, -0.15) is 5.26 Å². The maximum absolute atomic E-state index is 13.6. The lowest BCUT2D eigenvalue weighted by atomic mass is 10.2. The van der Waals surface area contributed by atoms with Gasteiger partial charge in [-0.05, 0) is 55.0 Å². The van der Waals surface area contributed by atoms with Crippen molar-refractivity contribution >= 4 is 34.9 Å². The lowest BCUT2D eigenvalue weighted by Crippen LogP contribution is -1.96. The molecule has 0 saturated heterocycles. The van der Waals surface area contributed by atoms with E-state index in [0.717, 1.165) is 5.52 Å². The van der Waals surface area contributed by atoms with E-state index < -0.39 is 0 Å². The van der Waals surface area contributed by atoms with Gasteiger partial charge in [0.1, 0.15) is 5.82 Å². The molecule has 2 aromatic carbocycles. The molecule has 0 spiro atoms. The monoisotopic (exact) mass is 317 g/mol. The van der Waals surface area contributed by atoms with Crippen LogP contribution in [-0.4, -0.2) is 9.55 Å². The van der Waals surface area contributed by atoms with Crippen LogP contribution in [0.4, 0.5) is 4.39 Å². The van der Waals surface area contributed by atoms with Gasteiger partial charge in [0.05, 0.1) is 33.4 Å². The van der Waals surface area contributed by atoms with Gasteiger partial charge >= 0.3 is 0 Å². The Morgan fingerprint density at radius 3 is 2.76 bits per heavy atom. The molecule has 0 aliphatic rings. The number of fused-ring (bicyclic) bond motifs is 1. The van der Waals surface area contributed by atoms with Crippen LogP contribution in [0.1, 0.15) is 11.1 Å². The van der Waals surface area contributed by atoms with Crippen molar-refractivity contribution in [2.75, 3.05) is 0 Å². The standard InChI is InChI=1S/C15H9ClFN3S/c1-8-4-14-12(6-11(8)17)19-15(21)20(14)13-3-2-9(7-18)5-10(13)16/h2-6H,1H3,(H,19,21). The summed E-state index contributed by atoms with van der Waals surface area (Å²) >= 11 is 11.5. The Hall–Kier alpha value is -2.16. The SMILES string of the molecule is Cc1cc2c(cc1F)[nH]c(=S)n2-c1ccc(C#N)cc1Cl. The van der Waals surface area contributed by atoms with Crippen LogP contribution >= 0.6 is 23.8 Å². The van der Waals surface area contributed by atoms with E-state index in [2.05, 4.69) is 4.98 Å². The number of nitrogens with one attached hydrogen (secondary N) is 1. The predicted molar refractivity (Wildman–Crippen MR) is 82.9 cm³/mol. The molecular formula is C15H9ClFN3S. The van der Waals surface area contributed by atoms with Gasteiger partial charge in [0.25, 0.3) is 0 Å². The Balaban J connectivity index is 2.35. The van der Waals surface area contributed by atoms with Crippen molar-refractivity contribution in [2.45, 2.75) is 6.92 Å². The highest BCUT2D eigenvalue weighted by atomic mass is 35.5. The first-order valence-electron chi connectivity index (χ1n) is 6.12. The molecule has 1 heterocycles. The van der Waals surface area contributed by atoms with Gasteiger partial charge in [-0.15, -0.1) is 0 Å². The Morgan fingerprint density at radius 1 is 1.33 bits per heavy atom. The zero-order valence-electron chi connectivity index (χ0n) is 10.9. The number of hydrogen-bond donors (Lipinski definition) is 1. The van der Waals surface area contributed by atoms with E-state index in [0.29, 0.717) is 32.1 Å². The van der Waals surface area contributed by atoms with Crippen LogP contribution in [0.5, 0.6) is 0 Å². The van der Waals surface area contributed by atoms with Gasteiger partial charge in [-0.25, -0.2) is 4.39 Å². The molecule has 0 saturated carbocycles. The first kappa shape index (κ1) is 13.8. The minimum Gasteiger partial charge on any atom is -0.330 e. The lowest BCUT2D eigenvalue weighted by Gasteiger charge is -2.08. The number of H-pyrrole nitrogens is 1. The van der Waals surface area contributed by atoms with Crippen molar-refractivity contribution in [3.8, 4) is 11.8 Å². The molecule has 0 aliphatic carbocycles. The largest absolute Gasteiger partial charge is 0.330 e. The number of aryl methyl sites for hydroxylation is 1. The van der Waals surface area contributed by atoms with Gasteiger partial charge in [0, 0.05) is 0 Å². The maximum atomic E-state index is 13.6. The van der Waals surface area contributed by atoms with Crippen LogP contribution in [0, 0.1) is 28.8 Å². The van der Waals surface area contributed by atoms with E-state index >= 15 is 0 Å². The molecule has 21 heavy (non-hydrogen) atoms. The highest BCUT2D eigenvalue weighted by Gasteiger charge is 2.12. The van der Waals surface area contributed by atoms with Gasteiger partial charge in [-0.1, -0.05) is 11.6 Å². The number of hydrogen-bond acceptors (Lipinski definition) is 2. The van der Waals surface area contributed by atoms with Gasteiger partial charge in [-0.3, -0.25) is 4.57 Å². The number of aromatic amines is 1. The second-order valence-corrected chi connectivity index (χ2v) is 5.46. The topological polar surface area (TPSA) is 44.5 Å². The summed E-state index contributed by atoms with van der Waals surface area (Å²) in [4.78, 5) is 2.96. The zero-order chi connectivity index (χ0) is 15.1. The normalized spacial score (nSPS) is 10.8. The number of benzene rings is 2. The summed E-state index contributed by atoms with van der Waals surface area (Å²) in [7, 11) is 0. The van der Waals surface area contributed by atoms with E-state index in [1.807, 2.05) is 6.07 Å². The summed E-state index contributed by atoms with van der Waals surface area (Å²) in [6.45, 7) is 1.69. The molecule has 0 unspecified atom stereocenters. The molecule has 6 heteroatoms. The average Bonchev–Trinajstić information content (AvgIpc) is 2.75. The summed E-state index contributed by atoms with van der Waals surface area (Å²) in [6.07, 6.45) is 0. The summed E-state index contributed by atoms with van der Waals surface area (Å²) in [5, 5.41) is 9.30. The van der Waals surface area contributed by atoms with Crippen molar-refractivity contribution in [2.24, 2.45) is 0 Å². The van der Waals surface area contributed by atoms with Crippen LogP contribution in [-0.2, 0) is 0 Å². The van der Waals surface area contributed by atoms with E-state index in [-0.39, 0.29) is 5.82 Å². The van der Waals surface area contributed by atoms with E-state index in [4.69, 9.17) is 29.1 Å². The molecule has 3 aromatic rings. The summed E-state index contributed by atoms with van der Waals surface area (Å²) in [6, 6.07) is 10.1. The molecule has 3 nitrogen and oxygen atoms in total. The molecule has 0 bridgehead atoms. The third-order valence-electron chi connectivity index (χ3n) is 3.28. The molecule has 3 rings (SSSR count). The second kappa shape index (κ2) is 4.99. The first-order valence-corrected chi connectivity index (χ1v) is 6.91. The molecule has 104 valence electrons. The van der Waals surface area contributed by atoms with E-state index in [1.54, 1.807) is 35.8 Å². The van der Waals surface area contributed by atoms with Crippen LogP contribution in [0.3, 0.4) is 0 Å². The van der Waals surface area contributed by atoms with Crippen molar-refractivity contribution in [3.63, 3.8) is 0 Å². The fourth-order valence-corrected chi connectivity index (χ4v) is 2.80. The molecule has 0 aliphatic heterocycles. The van der Waals surface area contributed by atoms with E-state index in [1.165, 1.54) is 6.07 Å². The molecule has 0 fully saturated rings. The van der Waals surface area contributed by atoms with E-state index in [9.17, 15) is 4.39 Å². The first-order chi connectivity index (χ1) is 10.0. The van der Waals surface area contributed by atoms with Crippen LogP contribution in [0.15, 0.2) is 30.3 Å². The third kappa shape index (κ3) is 2.23. The van der Waals surface area contributed by atoms with Crippen LogP contribution < -0.4 is 0 Å². The third-order valence-corrected chi connectivity index (χ3v) is 3.87. The summed E-state index contributed by atoms with van der Waals surface area (Å²) < 4.78 is 15.8. The highest BCUT2D eigenvalue weighted by Crippen LogP contribution is 2.27. The van der Waals surface area contributed by atoms with Gasteiger partial charge < -0.3 is 4.98 Å². The van der Waals surface area contributed by atoms with Gasteiger partial charge in [0.2, 0.25) is 0 Å². The number of rotatable bonds is 1. The molecule has 0 atom stereocenters. The van der Waals surface area contributed by atoms with Crippen molar-refractivity contribution in [1.82, 2.24) is 9.55 Å². The Morgan fingerprint density at radius 2 is 2.10 bits per heavy atom. The van der Waals surface area contributed by atoms with Crippen molar-refractivity contribution in [3.05, 3.63) is 57.1 Å². The minimum atomic E-state index is -0.295. The number of aromatic nitrogens is 2. The number of halogens is 2. The van der Waals surface area contributed by atoms with Crippen LogP contribution in [0.25, 0.3) is 16.7 Å². The fourth-order valence-electron chi connectivity index (χ4n) is 2.23. The minimum absolute atomic E-state index is 0.295. The summed E-state index contributed by atoms with van der Waals surface area (Å²) in [5.74, 6) is -0.295. The number of nitrogens with zero attached hydrogens (tertiary/aromatic N) is 2. The quantitative estimate of drug-likeness (QED) is 0.663. The predicted octanol–water partition coefficient (Wildman–Crippen LogP) is 4.66. The van der Waals surface area contributed by atoms with Crippen molar-refractivity contribution < 1.29 is 4.39 Å². The fraction of sp³-hybridized carbons (Fsp3) is 0.0667. The van der Waals surface area contributed by atoms with Crippen LogP contribution in [0.2, 0.25) is 5.02 Å². The average molecular weight is 318 g/mol. The molecule has 1 N–H and O–H groups in total. The smallest absolute Gasteiger partial charge is 0.182 e. The lowest BCUT2D eigenvalue weighted by molar-refractivity contribution is 0.620. The molecule has 1 aromatic heterocycles. The Labute approximate surface area is 130 Å². The maximum Gasteiger partial charge on any atom is 0.182 e. The number of imidazole rings is 1. The highest BCUT2D eigenvalue weighted by molar-refractivity contribution is 7.71. The Bertz CT molecular complexity index is 965.